The van der Waals surface area contributed by atoms with Gasteiger partial charge in [0, 0.05) is 13.1 Å². The summed E-state index contributed by atoms with van der Waals surface area (Å²) in [6.45, 7) is 1.80. The molecule has 2 N–H and O–H groups in total. The standard InChI is InChI=1S/C16H23NO/c18-16-11-5-4-10-15(16)13-17-12-6-9-14-7-2-1-3-8-14/h1-3,6-9,15-18H,4-5,10-13H2. The van der Waals surface area contributed by atoms with Gasteiger partial charge in [-0.25, -0.2) is 0 Å². The molecule has 2 unspecified atom stereocenters. The minimum absolute atomic E-state index is 0.0932. The Hall–Kier alpha value is -1.12. The molecule has 1 fully saturated rings. The van der Waals surface area contributed by atoms with Gasteiger partial charge in [0.1, 0.15) is 0 Å². The Morgan fingerprint density at radius 1 is 1.17 bits per heavy atom. The molecule has 0 radical (unpaired) electrons. The number of aliphatic hydroxyl groups excluding tert-OH is 1. The van der Waals surface area contributed by atoms with Gasteiger partial charge < -0.3 is 10.4 Å². The SMILES string of the molecule is OC1CCCCC1CNCC=Cc1ccccc1. The van der Waals surface area contributed by atoms with Crippen LogP contribution in [0.5, 0.6) is 0 Å². The highest BCUT2D eigenvalue weighted by atomic mass is 16.3. The molecule has 0 amide bonds. The highest BCUT2D eigenvalue weighted by molar-refractivity contribution is 5.48. The summed E-state index contributed by atoms with van der Waals surface area (Å²) in [5.41, 5.74) is 1.23. The summed E-state index contributed by atoms with van der Waals surface area (Å²) >= 11 is 0. The Bertz CT molecular complexity index is 361. The molecule has 0 heterocycles. The minimum Gasteiger partial charge on any atom is -0.393 e. The number of hydrogen-bond acceptors (Lipinski definition) is 2. The third-order valence-corrected chi connectivity index (χ3v) is 3.65. The molecule has 0 aliphatic heterocycles. The van der Waals surface area contributed by atoms with E-state index in [9.17, 15) is 5.11 Å². The van der Waals surface area contributed by atoms with Crippen molar-refractivity contribution in [3.63, 3.8) is 0 Å². The maximum atomic E-state index is 9.85. The Labute approximate surface area is 110 Å². The third kappa shape index (κ3) is 4.28. The van der Waals surface area contributed by atoms with E-state index < -0.39 is 0 Å². The largest absolute Gasteiger partial charge is 0.393 e. The topological polar surface area (TPSA) is 32.3 Å². The number of benzene rings is 1. The lowest BCUT2D eigenvalue weighted by molar-refractivity contribution is 0.0702. The van der Waals surface area contributed by atoms with Gasteiger partial charge in [0.05, 0.1) is 6.10 Å². The van der Waals surface area contributed by atoms with Crippen LogP contribution in [0.4, 0.5) is 0 Å². The smallest absolute Gasteiger partial charge is 0.0580 e. The number of rotatable bonds is 5. The second kappa shape index (κ2) is 7.34. The van der Waals surface area contributed by atoms with Crippen molar-refractivity contribution < 1.29 is 5.11 Å². The zero-order valence-electron chi connectivity index (χ0n) is 10.9. The molecule has 1 aromatic carbocycles. The van der Waals surface area contributed by atoms with E-state index in [0.717, 1.165) is 25.9 Å². The van der Waals surface area contributed by atoms with E-state index in [1.165, 1.54) is 18.4 Å². The van der Waals surface area contributed by atoms with Crippen LogP contribution >= 0.6 is 0 Å². The van der Waals surface area contributed by atoms with E-state index in [1.807, 2.05) is 18.2 Å². The van der Waals surface area contributed by atoms with Gasteiger partial charge in [-0.1, -0.05) is 55.3 Å². The van der Waals surface area contributed by atoms with Gasteiger partial charge in [-0.15, -0.1) is 0 Å². The van der Waals surface area contributed by atoms with Crippen LogP contribution in [0.15, 0.2) is 36.4 Å². The second-order valence-electron chi connectivity index (χ2n) is 5.08. The van der Waals surface area contributed by atoms with Crippen LogP contribution in [0, 0.1) is 5.92 Å². The zero-order valence-corrected chi connectivity index (χ0v) is 10.9. The van der Waals surface area contributed by atoms with Crippen molar-refractivity contribution in [2.75, 3.05) is 13.1 Å². The molecule has 1 aliphatic carbocycles. The van der Waals surface area contributed by atoms with Gasteiger partial charge in [-0.05, 0) is 24.3 Å². The Morgan fingerprint density at radius 3 is 2.72 bits per heavy atom. The van der Waals surface area contributed by atoms with Crippen LogP contribution in [-0.4, -0.2) is 24.3 Å². The average molecular weight is 245 g/mol. The predicted octanol–water partition coefficient (Wildman–Crippen LogP) is 2.84. The summed E-state index contributed by atoms with van der Waals surface area (Å²) in [4.78, 5) is 0. The molecular weight excluding hydrogens is 222 g/mol. The maximum Gasteiger partial charge on any atom is 0.0580 e. The first-order chi connectivity index (χ1) is 8.86. The molecule has 1 aromatic rings. The van der Waals surface area contributed by atoms with Crippen LogP contribution in [0.3, 0.4) is 0 Å². The summed E-state index contributed by atoms with van der Waals surface area (Å²) in [7, 11) is 0. The van der Waals surface area contributed by atoms with E-state index in [-0.39, 0.29) is 6.10 Å². The van der Waals surface area contributed by atoms with E-state index in [0.29, 0.717) is 5.92 Å². The van der Waals surface area contributed by atoms with Crippen molar-refractivity contribution in [2.24, 2.45) is 5.92 Å². The minimum atomic E-state index is -0.0932. The zero-order chi connectivity index (χ0) is 12.6. The first-order valence-corrected chi connectivity index (χ1v) is 6.96. The fourth-order valence-electron chi connectivity index (χ4n) is 2.54. The summed E-state index contributed by atoms with van der Waals surface area (Å²) in [5, 5.41) is 13.3. The van der Waals surface area contributed by atoms with E-state index in [1.54, 1.807) is 0 Å². The predicted molar refractivity (Wildman–Crippen MR) is 76.3 cm³/mol. The molecule has 18 heavy (non-hydrogen) atoms. The quantitative estimate of drug-likeness (QED) is 0.782. The highest BCUT2D eigenvalue weighted by Crippen LogP contribution is 2.23. The molecule has 0 saturated heterocycles. The molecule has 0 bridgehead atoms. The van der Waals surface area contributed by atoms with Gasteiger partial charge in [-0.2, -0.15) is 0 Å². The molecule has 2 heteroatoms. The molecule has 2 atom stereocenters. The number of aliphatic hydroxyl groups is 1. The third-order valence-electron chi connectivity index (χ3n) is 3.65. The molecule has 1 aliphatic rings. The summed E-state index contributed by atoms with van der Waals surface area (Å²) < 4.78 is 0. The van der Waals surface area contributed by atoms with Crippen LogP contribution in [0.25, 0.3) is 6.08 Å². The summed E-state index contributed by atoms with van der Waals surface area (Å²) in [6.07, 6.45) is 8.77. The van der Waals surface area contributed by atoms with Gasteiger partial charge in [0.25, 0.3) is 0 Å². The van der Waals surface area contributed by atoms with Crippen LogP contribution in [0.2, 0.25) is 0 Å². The van der Waals surface area contributed by atoms with Gasteiger partial charge in [0.2, 0.25) is 0 Å². The summed E-state index contributed by atoms with van der Waals surface area (Å²) in [5.74, 6) is 0.448. The normalized spacial score (nSPS) is 24.5. The van der Waals surface area contributed by atoms with E-state index >= 15 is 0 Å². The number of nitrogens with one attached hydrogen (secondary N) is 1. The van der Waals surface area contributed by atoms with Gasteiger partial charge >= 0.3 is 0 Å². The van der Waals surface area contributed by atoms with Crippen molar-refractivity contribution in [1.82, 2.24) is 5.32 Å². The molecule has 1 saturated carbocycles. The first kappa shape index (κ1) is 13.3. The molecular formula is C16H23NO. The Kier molecular flexibility index (Phi) is 5.43. The lowest BCUT2D eigenvalue weighted by atomic mass is 9.86. The Morgan fingerprint density at radius 2 is 1.94 bits per heavy atom. The van der Waals surface area contributed by atoms with Crippen molar-refractivity contribution >= 4 is 6.08 Å². The van der Waals surface area contributed by atoms with Crippen LogP contribution < -0.4 is 5.32 Å². The fraction of sp³-hybridized carbons (Fsp3) is 0.500. The van der Waals surface area contributed by atoms with Gasteiger partial charge in [0.15, 0.2) is 0 Å². The second-order valence-corrected chi connectivity index (χ2v) is 5.08. The lowest BCUT2D eigenvalue weighted by Crippen LogP contribution is -2.33. The van der Waals surface area contributed by atoms with Crippen LogP contribution in [0.1, 0.15) is 31.2 Å². The first-order valence-electron chi connectivity index (χ1n) is 6.96. The number of hydrogen-bond donors (Lipinski definition) is 2. The summed E-state index contributed by atoms with van der Waals surface area (Å²) in [6, 6.07) is 10.3. The van der Waals surface area contributed by atoms with Gasteiger partial charge in [-0.3, -0.25) is 0 Å². The maximum absolute atomic E-state index is 9.85. The monoisotopic (exact) mass is 245 g/mol. The highest BCUT2D eigenvalue weighted by Gasteiger charge is 2.21. The van der Waals surface area contributed by atoms with E-state index in [2.05, 4.69) is 29.6 Å². The van der Waals surface area contributed by atoms with Crippen molar-refractivity contribution in [3.8, 4) is 0 Å². The van der Waals surface area contributed by atoms with Crippen molar-refractivity contribution in [3.05, 3.63) is 42.0 Å². The average Bonchev–Trinajstić information content (AvgIpc) is 2.42. The van der Waals surface area contributed by atoms with Crippen LogP contribution in [-0.2, 0) is 0 Å². The molecule has 2 nitrogen and oxygen atoms in total. The molecule has 98 valence electrons. The lowest BCUT2D eigenvalue weighted by Gasteiger charge is -2.27. The molecule has 2 rings (SSSR count). The molecule has 0 aromatic heterocycles. The van der Waals surface area contributed by atoms with Crippen molar-refractivity contribution in [1.29, 1.82) is 0 Å². The fourth-order valence-corrected chi connectivity index (χ4v) is 2.54. The van der Waals surface area contributed by atoms with Crippen molar-refractivity contribution in [2.45, 2.75) is 31.8 Å². The molecule has 0 spiro atoms. The van der Waals surface area contributed by atoms with E-state index in [4.69, 9.17) is 0 Å². The Balaban J connectivity index is 1.65.